The molecule has 0 unspecified atom stereocenters. The number of aromatic nitrogens is 2. The second-order valence-corrected chi connectivity index (χ2v) is 7.69. The summed E-state index contributed by atoms with van der Waals surface area (Å²) in [6.45, 7) is 4.47. The lowest BCUT2D eigenvalue weighted by Gasteiger charge is -2.14. The van der Waals surface area contributed by atoms with Crippen molar-refractivity contribution < 1.29 is 4.74 Å². The highest BCUT2D eigenvalue weighted by molar-refractivity contribution is 7.17. The maximum Gasteiger partial charge on any atom is 0.336 e. The molecule has 5 nitrogen and oxygen atoms in total. The Hall–Kier alpha value is -3.12. The number of hydrogen-bond donors (Lipinski definition) is 0. The van der Waals surface area contributed by atoms with Crippen LogP contribution < -0.4 is 16.0 Å². The van der Waals surface area contributed by atoms with Crippen molar-refractivity contribution in [2.45, 2.75) is 20.4 Å². The summed E-state index contributed by atoms with van der Waals surface area (Å²) < 4.78 is 8.73. The molecule has 4 aromatic rings. The predicted octanol–water partition coefficient (Wildman–Crippen LogP) is 3.89. The fourth-order valence-electron chi connectivity index (χ4n) is 3.36. The van der Waals surface area contributed by atoms with E-state index < -0.39 is 0 Å². The van der Waals surface area contributed by atoms with Gasteiger partial charge < -0.3 is 4.74 Å². The number of ether oxygens (including phenoxy) is 1. The molecule has 0 saturated heterocycles. The number of methoxy groups -OCH3 is 1. The van der Waals surface area contributed by atoms with Crippen LogP contribution in [0.1, 0.15) is 16.7 Å². The number of benzene rings is 2. The summed E-state index contributed by atoms with van der Waals surface area (Å²) in [5.74, 6) is 0.594. The van der Waals surface area contributed by atoms with Crippen molar-refractivity contribution in [1.82, 2.24) is 9.13 Å². The predicted molar refractivity (Wildman–Crippen MR) is 113 cm³/mol. The van der Waals surface area contributed by atoms with Gasteiger partial charge in [-0.15, -0.1) is 11.3 Å². The Morgan fingerprint density at radius 1 is 1.04 bits per heavy atom. The van der Waals surface area contributed by atoms with E-state index in [-0.39, 0.29) is 11.2 Å². The summed E-state index contributed by atoms with van der Waals surface area (Å²) in [6, 6.07) is 15.0. The monoisotopic (exact) mass is 392 g/mol. The third-order valence-electron chi connectivity index (χ3n) is 4.90. The third-order valence-corrected chi connectivity index (χ3v) is 5.79. The maximum atomic E-state index is 13.4. The Morgan fingerprint density at radius 2 is 1.86 bits per heavy atom. The summed E-state index contributed by atoms with van der Waals surface area (Å²) in [5, 5.41) is 1.85. The van der Waals surface area contributed by atoms with Crippen LogP contribution in [0, 0.1) is 13.8 Å². The molecule has 142 valence electrons. The number of rotatable bonds is 4. The fourth-order valence-corrected chi connectivity index (χ4v) is 4.18. The molecule has 0 atom stereocenters. The van der Waals surface area contributed by atoms with Crippen molar-refractivity contribution in [1.29, 1.82) is 0 Å². The lowest BCUT2D eigenvalue weighted by molar-refractivity contribution is 0.414. The Bertz CT molecular complexity index is 1300. The Balaban J connectivity index is 1.99. The molecule has 2 heterocycles. The molecule has 0 spiro atoms. The van der Waals surface area contributed by atoms with Crippen LogP contribution in [0.3, 0.4) is 0 Å². The van der Waals surface area contributed by atoms with Gasteiger partial charge in [-0.05, 0) is 48.6 Å². The molecule has 2 aromatic heterocycles. The summed E-state index contributed by atoms with van der Waals surface area (Å²) in [4.78, 5) is 26.4. The number of hydrogen-bond acceptors (Lipinski definition) is 4. The zero-order valence-corrected chi connectivity index (χ0v) is 16.7. The van der Waals surface area contributed by atoms with E-state index in [0.717, 1.165) is 16.7 Å². The summed E-state index contributed by atoms with van der Waals surface area (Å²) in [7, 11) is 1.56. The van der Waals surface area contributed by atoms with Crippen molar-refractivity contribution in [3.05, 3.63) is 91.4 Å². The second-order valence-electron chi connectivity index (χ2n) is 6.78. The minimum absolute atomic E-state index is 0.305. The van der Waals surface area contributed by atoms with Gasteiger partial charge in [0, 0.05) is 6.07 Å². The molecule has 0 aliphatic rings. The van der Waals surface area contributed by atoms with Crippen molar-refractivity contribution in [2.24, 2.45) is 0 Å². The first-order chi connectivity index (χ1) is 13.5. The van der Waals surface area contributed by atoms with Crippen LogP contribution in [0.4, 0.5) is 0 Å². The smallest absolute Gasteiger partial charge is 0.336 e. The van der Waals surface area contributed by atoms with Crippen LogP contribution in [0.5, 0.6) is 5.75 Å². The SMILES string of the molecule is COc1cccc(-n2c(=O)c3sccc3n(Cc3cc(C)ccc3C)c2=O)c1. The number of nitrogens with zero attached hydrogens (tertiary/aromatic N) is 2. The van der Waals surface area contributed by atoms with E-state index in [1.54, 1.807) is 35.9 Å². The van der Waals surface area contributed by atoms with Gasteiger partial charge in [0.25, 0.3) is 5.56 Å². The highest BCUT2D eigenvalue weighted by Crippen LogP contribution is 2.20. The molecular weight excluding hydrogens is 372 g/mol. The van der Waals surface area contributed by atoms with Gasteiger partial charge in [0.2, 0.25) is 0 Å². The molecule has 6 heteroatoms. The highest BCUT2D eigenvalue weighted by Gasteiger charge is 2.16. The van der Waals surface area contributed by atoms with Crippen molar-refractivity contribution in [2.75, 3.05) is 7.11 Å². The molecule has 0 amide bonds. The molecule has 0 bridgehead atoms. The lowest BCUT2D eigenvalue weighted by atomic mass is 10.1. The Morgan fingerprint density at radius 3 is 2.64 bits per heavy atom. The summed E-state index contributed by atoms with van der Waals surface area (Å²) in [6.07, 6.45) is 0. The summed E-state index contributed by atoms with van der Waals surface area (Å²) in [5.41, 5.74) is 3.81. The van der Waals surface area contributed by atoms with Crippen LogP contribution in [-0.4, -0.2) is 16.2 Å². The minimum Gasteiger partial charge on any atom is -0.497 e. The first kappa shape index (κ1) is 18.3. The van der Waals surface area contributed by atoms with Crippen LogP contribution >= 0.6 is 11.3 Å². The standard InChI is InChI=1S/C22H20N2O3S/c1-14-7-8-15(2)16(11-14)13-23-19-9-10-28-20(19)21(25)24(22(23)26)17-5-4-6-18(12-17)27-3/h4-12H,13H2,1-3H3. The quantitative estimate of drug-likeness (QED) is 0.529. The zero-order valence-electron chi connectivity index (χ0n) is 15.9. The normalized spacial score (nSPS) is 11.1. The first-order valence-electron chi connectivity index (χ1n) is 8.93. The number of thiophene rings is 1. The molecule has 28 heavy (non-hydrogen) atoms. The van der Waals surface area contributed by atoms with Gasteiger partial charge in [-0.2, -0.15) is 0 Å². The van der Waals surface area contributed by atoms with Crippen molar-refractivity contribution >= 4 is 21.6 Å². The molecule has 0 aliphatic heterocycles. The molecule has 0 radical (unpaired) electrons. The van der Waals surface area contributed by atoms with E-state index >= 15 is 0 Å². The van der Waals surface area contributed by atoms with Gasteiger partial charge in [0.05, 0.1) is 24.9 Å². The van der Waals surface area contributed by atoms with E-state index in [2.05, 4.69) is 18.2 Å². The van der Waals surface area contributed by atoms with Gasteiger partial charge in [-0.25, -0.2) is 9.36 Å². The van der Waals surface area contributed by atoms with E-state index in [1.807, 2.05) is 25.3 Å². The average molecular weight is 392 g/mol. The second kappa shape index (κ2) is 7.13. The molecule has 0 saturated carbocycles. The minimum atomic E-state index is -0.356. The fraction of sp³-hybridized carbons (Fsp3) is 0.182. The van der Waals surface area contributed by atoms with Gasteiger partial charge >= 0.3 is 5.69 Å². The average Bonchev–Trinajstić information content (AvgIpc) is 3.18. The summed E-state index contributed by atoms with van der Waals surface area (Å²) >= 11 is 1.35. The van der Waals surface area contributed by atoms with Gasteiger partial charge in [0.15, 0.2) is 0 Å². The zero-order chi connectivity index (χ0) is 19.8. The molecule has 4 rings (SSSR count). The molecular formula is C22H20N2O3S. The van der Waals surface area contributed by atoms with Gasteiger partial charge in [-0.1, -0.05) is 29.8 Å². The molecule has 0 fully saturated rings. The van der Waals surface area contributed by atoms with Crippen molar-refractivity contribution in [3.8, 4) is 11.4 Å². The van der Waals surface area contributed by atoms with Gasteiger partial charge in [-0.3, -0.25) is 9.36 Å². The molecule has 0 aliphatic carbocycles. The maximum absolute atomic E-state index is 13.4. The first-order valence-corrected chi connectivity index (χ1v) is 9.81. The van der Waals surface area contributed by atoms with Crippen LogP contribution in [-0.2, 0) is 6.54 Å². The van der Waals surface area contributed by atoms with E-state index in [4.69, 9.17) is 4.74 Å². The molecule has 2 aromatic carbocycles. The van der Waals surface area contributed by atoms with E-state index in [1.165, 1.54) is 15.9 Å². The molecule has 0 N–H and O–H groups in total. The Labute approximate surface area is 166 Å². The lowest BCUT2D eigenvalue weighted by Crippen LogP contribution is -2.38. The number of fused-ring (bicyclic) bond motifs is 1. The van der Waals surface area contributed by atoms with Crippen LogP contribution in [0.2, 0.25) is 0 Å². The van der Waals surface area contributed by atoms with Crippen molar-refractivity contribution in [3.63, 3.8) is 0 Å². The Kier molecular flexibility index (Phi) is 4.65. The van der Waals surface area contributed by atoms with E-state index in [0.29, 0.717) is 28.2 Å². The topological polar surface area (TPSA) is 53.2 Å². The third kappa shape index (κ3) is 3.05. The highest BCUT2D eigenvalue weighted by atomic mass is 32.1. The van der Waals surface area contributed by atoms with Gasteiger partial charge in [0.1, 0.15) is 10.4 Å². The largest absolute Gasteiger partial charge is 0.497 e. The van der Waals surface area contributed by atoms with E-state index in [9.17, 15) is 9.59 Å². The van der Waals surface area contributed by atoms with Crippen LogP contribution in [0.15, 0.2) is 63.5 Å². The van der Waals surface area contributed by atoms with Crippen LogP contribution in [0.25, 0.3) is 15.9 Å². The number of aryl methyl sites for hydroxylation is 2.